The molecule has 0 aliphatic heterocycles. The summed E-state index contributed by atoms with van der Waals surface area (Å²) in [5.41, 5.74) is 13.8. The molecule has 0 fully saturated rings. The van der Waals surface area contributed by atoms with E-state index >= 15 is 0 Å². The van der Waals surface area contributed by atoms with Crippen LogP contribution in [0, 0.1) is 23.5 Å². The molecule has 84 heavy (non-hydrogen) atoms. The van der Waals surface area contributed by atoms with Crippen molar-refractivity contribution in [1.29, 1.82) is 0 Å². The molecule has 1 unspecified atom stereocenters. The number of carbonyl (C=O) groups is 1. The number of ether oxygens (including phenoxy) is 2. The van der Waals surface area contributed by atoms with Crippen LogP contribution in [-0.4, -0.2) is 28.6 Å². The van der Waals surface area contributed by atoms with Gasteiger partial charge in [-0.25, -0.2) is 0 Å². The minimum absolute atomic E-state index is 0. The number of hydrogen-bond acceptors (Lipinski definition) is 6. The zero-order valence-corrected chi connectivity index (χ0v) is 52.2. The number of unbranched alkanes of at least 4 members (excludes halogenated alkanes) is 6. The van der Waals surface area contributed by atoms with E-state index in [1.807, 2.05) is 48.0 Å². The maximum Gasteiger partial charge on any atom is 2.00 e. The van der Waals surface area contributed by atoms with Crippen LogP contribution in [0.5, 0.6) is 5.75 Å². The monoisotopic (exact) mass is 1300 g/mol. The van der Waals surface area contributed by atoms with Gasteiger partial charge in [0.2, 0.25) is 0 Å². The van der Waals surface area contributed by atoms with Gasteiger partial charge in [0.1, 0.15) is 11.9 Å². The fourth-order valence-corrected chi connectivity index (χ4v) is 13.9. The molecule has 3 aromatic heterocycles. The summed E-state index contributed by atoms with van der Waals surface area (Å²) >= 11 is 1.89. The van der Waals surface area contributed by atoms with Gasteiger partial charge in [0.15, 0.2) is 0 Å². The Morgan fingerprint density at radius 1 is 0.607 bits per heavy atom. The Balaban J connectivity index is 0.000000453. The first-order valence-electron chi connectivity index (χ1n) is 29.7. The van der Waals surface area contributed by atoms with E-state index in [0.29, 0.717) is 18.9 Å². The maximum atomic E-state index is 11.9. The fraction of sp³-hybridized carbons (Fsp3) is 0.260. The van der Waals surface area contributed by atoms with E-state index in [-0.39, 0.29) is 37.9 Å². The van der Waals surface area contributed by atoms with E-state index in [0.717, 1.165) is 72.5 Å². The van der Waals surface area contributed by atoms with Gasteiger partial charge in [-0.05, 0) is 169 Å². The van der Waals surface area contributed by atoms with Crippen molar-refractivity contribution in [1.82, 2.24) is 9.97 Å². The van der Waals surface area contributed by atoms with Crippen molar-refractivity contribution in [2.24, 2.45) is 11.3 Å². The van der Waals surface area contributed by atoms with Gasteiger partial charge in [-0.15, -0.1) is 76.0 Å². The molecule has 0 N–H and O–H groups in total. The Kier molecular flexibility index (Phi) is 18.9. The molecule has 0 spiro atoms. The molecule has 12 rings (SSSR count). The quantitative estimate of drug-likeness (QED) is 0.0250. The number of thiophene rings is 1. The van der Waals surface area contributed by atoms with Crippen molar-refractivity contribution < 1.29 is 35.3 Å². The van der Waals surface area contributed by atoms with E-state index in [4.69, 9.17) is 14.5 Å². The van der Waals surface area contributed by atoms with E-state index in [1.165, 1.54) is 99.4 Å². The van der Waals surface area contributed by atoms with Crippen molar-refractivity contribution >= 4 is 70.7 Å². The number of esters is 1. The third-order valence-electron chi connectivity index (χ3n) is 16.2. The van der Waals surface area contributed by atoms with Crippen LogP contribution in [0.15, 0.2) is 201 Å². The summed E-state index contributed by atoms with van der Waals surface area (Å²) in [6.45, 7) is 20.0. The third-order valence-corrected chi connectivity index (χ3v) is 17.5. The van der Waals surface area contributed by atoms with Crippen molar-refractivity contribution in [3.63, 3.8) is 0 Å². The zero-order chi connectivity index (χ0) is 57.5. The number of nitrogens with zero attached hydrogens (tertiary/aromatic N) is 2. The molecule has 0 amide bonds. The van der Waals surface area contributed by atoms with Gasteiger partial charge in [0.25, 0.3) is 0 Å². The molecule has 1 aliphatic carbocycles. The molecule has 426 valence electrons. The smallest absolute Gasteiger partial charge is 0.494 e. The summed E-state index contributed by atoms with van der Waals surface area (Å²) in [6.07, 6.45) is 16.6. The summed E-state index contributed by atoms with van der Waals surface area (Å²) in [5, 5.41) is 8.23. The van der Waals surface area contributed by atoms with E-state index in [2.05, 4.69) is 204 Å². The summed E-state index contributed by atoms with van der Waals surface area (Å²) in [5.74, 6) is 1.24. The molecule has 0 saturated heterocycles. The molecule has 5 nitrogen and oxygen atoms in total. The summed E-state index contributed by atoms with van der Waals surface area (Å²) in [4.78, 5) is 22.4. The zero-order valence-electron chi connectivity index (χ0n) is 49.1. The Morgan fingerprint density at radius 3 is 1.86 bits per heavy atom. The topological polar surface area (TPSA) is 61.3 Å². The van der Waals surface area contributed by atoms with Gasteiger partial charge in [-0.2, -0.15) is 0 Å². The van der Waals surface area contributed by atoms with Crippen LogP contribution in [0.4, 0.5) is 0 Å². The number of benzene rings is 8. The standard InChI is InChI=1S/C64H66NO3S.C13H8N.Pt/c1-8-49(9-2)68-60(66)23-15-13-11-10-12-14-18-37-67-50-32-28-45(29-33-50)44-24-26-46(27-25-44)47-30-34-51-52-35-31-48(39-58(52)64(41-43(3)4,57(51)38-47)42-63(5,6)7)59-40-56-54-22-19-36-65-61(54)53-20-16-17-21-55(53)62(56)69-59;1-2-6-12-10(4-1)7-8-11-5-3-9-14-13(11)12;/h8-9,16-17,19,21-22,24-36,38-40,43,49H,1-2,10-15,18,23,37,41-42H2,3-7H3;1-5,7-9H;/q2*-1;+2. The molecular formula is C77H74N2O3PtS. The van der Waals surface area contributed by atoms with E-state index < -0.39 is 6.10 Å². The fourth-order valence-electron chi connectivity index (χ4n) is 12.7. The molecule has 1 aliphatic rings. The minimum Gasteiger partial charge on any atom is -0.494 e. The van der Waals surface area contributed by atoms with Crippen LogP contribution in [0.25, 0.3) is 97.3 Å². The number of carbonyl (C=O) groups excluding carboxylic acids is 1. The molecule has 3 heterocycles. The summed E-state index contributed by atoms with van der Waals surface area (Å²) in [6, 6.07) is 66.2. The van der Waals surface area contributed by atoms with Crippen LogP contribution in [0.3, 0.4) is 0 Å². The van der Waals surface area contributed by atoms with Crippen molar-refractivity contribution in [3.8, 4) is 49.6 Å². The van der Waals surface area contributed by atoms with Crippen LogP contribution >= 0.6 is 11.3 Å². The first-order chi connectivity index (χ1) is 40.4. The number of hydrogen-bond donors (Lipinski definition) is 0. The number of pyridine rings is 2. The molecule has 0 radical (unpaired) electrons. The second kappa shape index (κ2) is 26.6. The second-order valence-electron chi connectivity index (χ2n) is 24.0. The van der Waals surface area contributed by atoms with Gasteiger partial charge >= 0.3 is 27.0 Å². The Labute approximate surface area is 515 Å². The molecule has 0 saturated carbocycles. The molecule has 8 aromatic carbocycles. The number of rotatable bonds is 20. The van der Waals surface area contributed by atoms with Crippen molar-refractivity contribution in [2.75, 3.05) is 6.61 Å². The number of fused-ring (bicyclic) bond motifs is 12. The average Bonchev–Trinajstić information content (AvgIpc) is 2.30. The Bertz CT molecular complexity index is 3980. The first kappa shape index (κ1) is 59.7. The van der Waals surface area contributed by atoms with Gasteiger partial charge < -0.3 is 19.4 Å². The predicted molar refractivity (Wildman–Crippen MR) is 350 cm³/mol. The van der Waals surface area contributed by atoms with Crippen LogP contribution in [-0.2, 0) is 36.0 Å². The molecule has 1 atom stereocenters. The van der Waals surface area contributed by atoms with Gasteiger partial charge in [0, 0.05) is 33.8 Å². The van der Waals surface area contributed by atoms with E-state index in [9.17, 15) is 4.79 Å². The maximum absolute atomic E-state index is 11.9. The summed E-state index contributed by atoms with van der Waals surface area (Å²) < 4.78 is 12.7. The average molecular weight is 1300 g/mol. The minimum atomic E-state index is -0.396. The van der Waals surface area contributed by atoms with Gasteiger partial charge in [0.05, 0.1) is 6.61 Å². The third kappa shape index (κ3) is 13.1. The predicted octanol–water partition coefficient (Wildman–Crippen LogP) is 21.1. The Morgan fingerprint density at radius 2 is 1.17 bits per heavy atom. The van der Waals surface area contributed by atoms with Gasteiger partial charge in [-0.3, -0.25) is 4.79 Å². The molecule has 11 aromatic rings. The second-order valence-corrected chi connectivity index (χ2v) is 25.1. The van der Waals surface area contributed by atoms with E-state index in [1.54, 1.807) is 12.2 Å². The largest absolute Gasteiger partial charge is 2.00 e. The molecular weight excluding hydrogens is 1230 g/mol. The normalized spacial score (nSPS) is 13.7. The van der Waals surface area contributed by atoms with Crippen LogP contribution < -0.4 is 4.74 Å². The van der Waals surface area contributed by atoms with Crippen molar-refractivity contribution in [2.45, 2.75) is 110 Å². The van der Waals surface area contributed by atoms with Crippen LogP contribution in [0.2, 0.25) is 0 Å². The molecule has 0 bridgehead atoms. The summed E-state index contributed by atoms with van der Waals surface area (Å²) in [7, 11) is 0. The molecule has 7 heteroatoms. The first-order valence-corrected chi connectivity index (χ1v) is 30.5. The number of aromatic nitrogens is 2. The SMILES string of the molecule is C=CC(C=C)OC(=O)CCCCCCCCCOc1ccc(-c2ccc(-c3ccc4c(c3)C(CC(C)C)(CC(C)(C)C)c3cc(-c5cc6c7cccnc7c7[c-]cccc7c6s5)ccc3-4)cc2)cc1.[Pt+2].[c-]1cccc2ccc3cccnc3c12. The Hall–Kier alpha value is -7.50. The van der Waals surface area contributed by atoms with Crippen LogP contribution in [0.1, 0.15) is 110 Å². The van der Waals surface area contributed by atoms with Gasteiger partial charge in [-0.1, -0.05) is 170 Å². The van der Waals surface area contributed by atoms with Crippen molar-refractivity contribution in [3.05, 3.63) is 225 Å².